The van der Waals surface area contributed by atoms with Crippen molar-refractivity contribution in [3.8, 4) is 0 Å². The van der Waals surface area contributed by atoms with Crippen molar-refractivity contribution >= 4 is 0 Å². The molecule has 0 aromatic carbocycles. The van der Waals surface area contributed by atoms with Crippen LogP contribution in [0.3, 0.4) is 0 Å². The highest BCUT2D eigenvalue weighted by molar-refractivity contribution is 4.76. The van der Waals surface area contributed by atoms with E-state index in [1.165, 1.54) is 65.1 Å². The van der Waals surface area contributed by atoms with Gasteiger partial charge in [-0.3, -0.25) is 4.90 Å². The van der Waals surface area contributed by atoms with Crippen molar-refractivity contribution in [1.29, 1.82) is 0 Å². The summed E-state index contributed by atoms with van der Waals surface area (Å²) < 4.78 is 0. The third kappa shape index (κ3) is 4.23. The molecule has 2 fully saturated rings. The average molecular weight is 239 g/mol. The quantitative estimate of drug-likeness (QED) is 0.800. The molecule has 1 N–H and O–H groups in total. The number of nitrogens with zero attached hydrogens (tertiary/aromatic N) is 2. The Kier molecular flexibility index (Phi) is 5.26. The Labute approximate surface area is 107 Å². The van der Waals surface area contributed by atoms with Crippen LogP contribution in [0.1, 0.15) is 33.1 Å². The Balaban J connectivity index is 1.61. The fourth-order valence-electron chi connectivity index (χ4n) is 3.04. The fourth-order valence-corrected chi connectivity index (χ4v) is 3.04. The summed E-state index contributed by atoms with van der Waals surface area (Å²) in [5, 5.41) is 3.45. The van der Waals surface area contributed by atoms with E-state index in [1.54, 1.807) is 0 Å². The zero-order valence-electron chi connectivity index (χ0n) is 11.6. The lowest BCUT2D eigenvalue weighted by molar-refractivity contribution is 0.102. The van der Waals surface area contributed by atoms with Crippen molar-refractivity contribution < 1.29 is 0 Å². The minimum Gasteiger partial charge on any atom is -0.317 e. The molecule has 2 aliphatic heterocycles. The molecule has 0 unspecified atom stereocenters. The summed E-state index contributed by atoms with van der Waals surface area (Å²) in [5.74, 6) is 0.986. The Hall–Kier alpha value is -0.120. The van der Waals surface area contributed by atoms with Crippen LogP contribution in [0.4, 0.5) is 0 Å². The van der Waals surface area contributed by atoms with E-state index in [1.807, 2.05) is 0 Å². The van der Waals surface area contributed by atoms with Crippen LogP contribution in [0.15, 0.2) is 0 Å². The van der Waals surface area contributed by atoms with Crippen LogP contribution in [0, 0.1) is 5.92 Å². The van der Waals surface area contributed by atoms with Crippen LogP contribution < -0.4 is 5.32 Å². The fraction of sp³-hybridized carbons (Fsp3) is 1.00. The second kappa shape index (κ2) is 6.72. The number of hydrogen-bond donors (Lipinski definition) is 1. The molecule has 0 spiro atoms. The second-order valence-corrected chi connectivity index (χ2v) is 5.95. The van der Waals surface area contributed by atoms with Crippen molar-refractivity contribution in [2.75, 3.05) is 45.8 Å². The molecule has 0 saturated carbocycles. The zero-order valence-corrected chi connectivity index (χ0v) is 11.6. The Morgan fingerprint density at radius 2 is 1.71 bits per heavy atom. The topological polar surface area (TPSA) is 18.5 Å². The SMILES string of the molecule is CC(C)N1CCN(CCC2CCNCC2)CC1. The van der Waals surface area contributed by atoms with Gasteiger partial charge in [-0.25, -0.2) is 0 Å². The van der Waals surface area contributed by atoms with Crippen LogP contribution >= 0.6 is 0 Å². The molecule has 0 amide bonds. The van der Waals surface area contributed by atoms with Gasteiger partial charge in [0.15, 0.2) is 0 Å². The Bertz CT molecular complexity index is 204. The van der Waals surface area contributed by atoms with Crippen molar-refractivity contribution in [2.45, 2.75) is 39.2 Å². The van der Waals surface area contributed by atoms with Gasteiger partial charge in [0.05, 0.1) is 0 Å². The first kappa shape index (κ1) is 13.3. The maximum Gasteiger partial charge on any atom is 0.0113 e. The lowest BCUT2D eigenvalue weighted by Gasteiger charge is -2.37. The van der Waals surface area contributed by atoms with Gasteiger partial charge in [0.1, 0.15) is 0 Å². The number of hydrogen-bond acceptors (Lipinski definition) is 3. The minimum absolute atomic E-state index is 0.724. The molecule has 0 radical (unpaired) electrons. The molecule has 2 heterocycles. The molecule has 100 valence electrons. The van der Waals surface area contributed by atoms with Gasteiger partial charge in [-0.05, 0) is 58.7 Å². The van der Waals surface area contributed by atoms with Gasteiger partial charge in [-0.2, -0.15) is 0 Å². The second-order valence-electron chi connectivity index (χ2n) is 5.95. The highest BCUT2D eigenvalue weighted by Crippen LogP contribution is 2.17. The van der Waals surface area contributed by atoms with E-state index in [2.05, 4.69) is 29.0 Å². The van der Waals surface area contributed by atoms with Gasteiger partial charge in [-0.15, -0.1) is 0 Å². The van der Waals surface area contributed by atoms with Crippen LogP contribution in [-0.2, 0) is 0 Å². The van der Waals surface area contributed by atoms with Gasteiger partial charge in [0.25, 0.3) is 0 Å². The zero-order chi connectivity index (χ0) is 12.1. The largest absolute Gasteiger partial charge is 0.317 e. The molecule has 0 aromatic heterocycles. The summed E-state index contributed by atoms with van der Waals surface area (Å²) in [6.45, 7) is 13.5. The van der Waals surface area contributed by atoms with E-state index in [0.29, 0.717) is 0 Å². The molecule has 0 aromatic rings. The maximum absolute atomic E-state index is 3.45. The molecule has 0 bridgehead atoms. The highest BCUT2D eigenvalue weighted by Gasteiger charge is 2.20. The van der Waals surface area contributed by atoms with E-state index >= 15 is 0 Å². The number of piperazine rings is 1. The molecule has 3 heteroatoms. The summed E-state index contributed by atoms with van der Waals surface area (Å²) in [7, 11) is 0. The van der Waals surface area contributed by atoms with Gasteiger partial charge >= 0.3 is 0 Å². The van der Waals surface area contributed by atoms with Crippen LogP contribution in [0.25, 0.3) is 0 Å². The van der Waals surface area contributed by atoms with E-state index in [9.17, 15) is 0 Å². The van der Waals surface area contributed by atoms with Gasteiger partial charge < -0.3 is 10.2 Å². The summed E-state index contributed by atoms with van der Waals surface area (Å²) in [6.07, 6.45) is 4.21. The summed E-state index contributed by atoms with van der Waals surface area (Å²) >= 11 is 0. The van der Waals surface area contributed by atoms with E-state index in [0.717, 1.165) is 12.0 Å². The molecule has 2 rings (SSSR count). The smallest absolute Gasteiger partial charge is 0.0113 e. The normalized spacial score (nSPS) is 25.6. The summed E-state index contributed by atoms with van der Waals surface area (Å²) in [4.78, 5) is 5.27. The van der Waals surface area contributed by atoms with Crippen LogP contribution in [0.5, 0.6) is 0 Å². The molecule has 0 atom stereocenters. The van der Waals surface area contributed by atoms with Gasteiger partial charge in [0.2, 0.25) is 0 Å². The van der Waals surface area contributed by atoms with Crippen molar-refractivity contribution in [1.82, 2.24) is 15.1 Å². The van der Waals surface area contributed by atoms with Crippen molar-refractivity contribution in [3.63, 3.8) is 0 Å². The third-order valence-corrected chi connectivity index (χ3v) is 4.45. The first-order valence-corrected chi connectivity index (χ1v) is 7.43. The molecule has 3 nitrogen and oxygen atoms in total. The lowest BCUT2D eigenvalue weighted by atomic mass is 9.94. The summed E-state index contributed by atoms with van der Waals surface area (Å²) in [5.41, 5.74) is 0. The van der Waals surface area contributed by atoms with Crippen molar-refractivity contribution in [2.24, 2.45) is 5.92 Å². The monoisotopic (exact) mass is 239 g/mol. The highest BCUT2D eigenvalue weighted by atomic mass is 15.3. The number of rotatable bonds is 4. The molecule has 0 aliphatic carbocycles. The molecule has 2 aliphatic rings. The maximum atomic E-state index is 3.45. The summed E-state index contributed by atoms with van der Waals surface area (Å²) in [6, 6.07) is 0.724. The molecular weight excluding hydrogens is 210 g/mol. The predicted molar refractivity (Wildman–Crippen MR) is 73.4 cm³/mol. The molecule has 2 saturated heterocycles. The van der Waals surface area contributed by atoms with Crippen LogP contribution in [-0.4, -0.2) is 61.7 Å². The van der Waals surface area contributed by atoms with E-state index in [-0.39, 0.29) is 0 Å². The lowest BCUT2D eigenvalue weighted by Crippen LogP contribution is -2.49. The predicted octanol–water partition coefficient (Wildman–Crippen LogP) is 1.40. The average Bonchev–Trinajstić information content (AvgIpc) is 2.38. The Morgan fingerprint density at radius 3 is 2.29 bits per heavy atom. The number of piperidine rings is 1. The van der Waals surface area contributed by atoms with Crippen molar-refractivity contribution in [3.05, 3.63) is 0 Å². The van der Waals surface area contributed by atoms with Crippen LogP contribution in [0.2, 0.25) is 0 Å². The van der Waals surface area contributed by atoms with E-state index < -0.39 is 0 Å². The molecule has 17 heavy (non-hydrogen) atoms. The molecular formula is C14H29N3. The van der Waals surface area contributed by atoms with E-state index in [4.69, 9.17) is 0 Å². The number of nitrogens with one attached hydrogen (secondary N) is 1. The van der Waals surface area contributed by atoms with Gasteiger partial charge in [-0.1, -0.05) is 0 Å². The standard InChI is InChI=1S/C14H29N3/c1-13(2)17-11-9-16(10-12-17)8-5-14-3-6-15-7-4-14/h13-15H,3-12H2,1-2H3. The third-order valence-electron chi connectivity index (χ3n) is 4.45. The van der Waals surface area contributed by atoms with Gasteiger partial charge in [0, 0.05) is 32.2 Å². The minimum atomic E-state index is 0.724. The first-order valence-electron chi connectivity index (χ1n) is 7.43. The first-order chi connectivity index (χ1) is 8.25. The Morgan fingerprint density at radius 1 is 1.06 bits per heavy atom.